The molecular weight excluding hydrogens is 356 g/mol. The van der Waals surface area contributed by atoms with Gasteiger partial charge in [-0.3, -0.25) is 4.79 Å². The molecule has 2 aromatic heterocycles. The molecule has 128 valence electrons. The van der Waals surface area contributed by atoms with E-state index >= 15 is 0 Å². The smallest absolute Gasteiger partial charge is 0.263 e. The number of hydrogen-bond donors (Lipinski definition) is 1. The number of aryl methyl sites for hydroxylation is 1. The van der Waals surface area contributed by atoms with Crippen LogP contribution in [0.5, 0.6) is 11.5 Å². The molecule has 25 heavy (non-hydrogen) atoms. The van der Waals surface area contributed by atoms with Gasteiger partial charge in [-0.2, -0.15) is 0 Å². The molecule has 0 saturated heterocycles. The fourth-order valence-corrected chi connectivity index (χ4v) is 4.41. The van der Waals surface area contributed by atoms with Crippen molar-refractivity contribution >= 4 is 28.6 Å². The Bertz CT molecular complexity index is 919. The van der Waals surface area contributed by atoms with Crippen molar-refractivity contribution in [2.75, 3.05) is 6.79 Å². The Morgan fingerprint density at radius 1 is 1.28 bits per heavy atom. The zero-order chi connectivity index (χ0) is 17.4. The second-order valence-electron chi connectivity index (χ2n) is 5.72. The molecule has 0 spiro atoms. The summed E-state index contributed by atoms with van der Waals surface area (Å²) in [5.74, 6) is 1.34. The van der Waals surface area contributed by atoms with Crippen molar-refractivity contribution < 1.29 is 14.3 Å². The molecule has 1 aromatic carbocycles. The monoisotopic (exact) mass is 372 g/mol. The Morgan fingerprint density at radius 2 is 2.12 bits per heavy atom. The van der Waals surface area contributed by atoms with Crippen molar-refractivity contribution in [2.24, 2.45) is 0 Å². The number of carbonyl (C=O) groups excluding carboxylic acids is 1. The number of rotatable bonds is 4. The predicted molar refractivity (Wildman–Crippen MR) is 98.6 cm³/mol. The Balaban J connectivity index is 1.52. The maximum Gasteiger partial charge on any atom is 0.263 e. The van der Waals surface area contributed by atoms with E-state index in [2.05, 4.69) is 10.3 Å². The number of thiophene rings is 1. The highest BCUT2D eigenvalue weighted by Gasteiger charge is 2.20. The largest absolute Gasteiger partial charge is 0.454 e. The van der Waals surface area contributed by atoms with Crippen LogP contribution in [0.25, 0.3) is 9.88 Å². The van der Waals surface area contributed by atoms with Gasteiger partial charge in [0.25, 0.3) is 5.91 Å². The third-order valence-corrected chi connectivity index (χ3v) is 6.17. The second-order valence-corrected chi connectivity index (χ2v) is 7.67. The average molecular weight is 372 g/mol. The van der Waals surface area contributed by atoms with E-state index in [9.17, 15) is 4.79 Å². The molecule has 0 bridgehead atoms. The molecule has 3 aromatic rings. The third kappa shape index (κ3) is 3.12. The standard InChI is InChI=1S/C18H16N2O3S2/c1-10(12-5-6-13-14(8-12)23-9-22-13)19-17(21)16-11(2)20-18(25-16)15-4-3-7-24-15/h3-8,10H,9H2,1-2H3,(H,19,21). The highest BCUT2D eigenvalue weighted by Crippen LogP contribution is 2.35. The molecule has 0 fully saturated rings. The predicted octanol–water partition coefficient (Wildman–Crippen LogP) is 4.40. The van der Waals surface area contributed by atoms with E-state index in [1.165, 1.54) is 11.3 Å². The summed E-state index contributed by atoms with van der Waals surface area (Å²) in [7, 11) is 0. The SMILES string of the molecule is Cc1nc(-c2cccs2)sc1C(=O)NC(C)c1ccc2c(c1)OCO2. The van der Waals surface area contributed by atoms with Crippen LogP contribution < -0.4 is 14.8 Å². The van der Waals surface area contributed by atoms with Crippen LogP contribution in [-0.4, -0.2) is 17.7 Å². The van der Waals surface area contributed by atoms with Crippen LogP contribution in [0.3, 0.4) is 0 Å². The molecule has 1 aliphatic rings. The first kappa shape index (κ1) is 16.1. The molecule has 1 N–H and O–H groups in total. The van der Waals surface area contributed by atoms with Gasteiger partial charge in [-0.25, -0.2) is 4.98 Å². The Morgan fingerprint density at radius 3 is 2.92 bits per heavy atom. The summed E-state index contributed by atoms with van der Waals surface area (Å²) in [4.78, 5) is 18.9. The molecule has 0 radical (unpaired) electrons. The fraction of sp³-hybridized carbons (Fsp3) is 0.222. The zero-order valence-corrected chi connectivity index (χ0v) is 15.4. The minimum absolute atomic E-state index is 0.108. The molecule has 5 nitrogen and oxygen atoms in total. The van der Waals surface area contributed by atoms with Gasteiger partial charge in [0.05, 0.1) is 16.6 Å². The van der Waals surface area contributed by atoms with Gasteiger partial charge in [0.2, 0.25) is 6.79 Å². The van der Waals surface area contributed by atoms with Crippen LogP contribution in [0.1, 0.15) is 33.9 Å². The lowest BCUT2D eigenvalue weighted by Crippen LogP contribution is -2.26. The number of nitrogens with one attached hydrogen (secondary N) is 1. The number of thiazole rings is 1. The van der Waals surface area contributed by atoms with Gasteiger partial charge in [-0.1, -0.05) is 12.1 Å². The molecule has 1 unspecified atom stereocenters. The summed E-state index contributed by atoms with van der Waals surface area (Å²) in [5.41, 5.74) is 1.72. The summed E-state index contributed by atoms with van der Waals surface area (Å²) in [6.07, 6.45) is 0. The van der Waals surface area contributed by atoms with E-state index in [1.54, 1.807) is 11.3 Å². The number of aromatic nitrogens is 1. The first-order chi connectivity index (χ1) is 12.1. The van der Waals surface area contributed by atoms with Gasteiger partial charge in [-0.15, -0.1) is 22.7 Å². The van der Waals surface area contributed by atoms with Crippen LogP contribution in [0.2, 0.25) is 0 Å². The number of benzene rings is 1. The summed E-state index contributed by atoms with van der Waals surface area (Å²) >= 11 is 3.05. The number of hydrogen-bond acceptors (Lipinski definition) is 6. The molecule has 3 heterocycles. The summed E-state index contributed by atoms with van der Waals surface area (Å²) < 4.78 is 10.7. The van der Waals surface area contributed by atoms with Crippen LogP contribution >= 0.6 is 22.7 Å². The van der Waals surface area contributed by atoms with Crippen molar-refractivity contribution in [3.05, 3.63) is 51.8 Å². The summed E-state index contributed by atoms with van der Waals surface area (Å²) in [5, 5.41) is 5.93. The lowest BCUT2D eigenvalue weighted by Gasteiger charge is -2.14. The van der Waals surface area contributed by atoms with Gasteiger partial charge in [0, 0.05) is 0 Å². The zero-order valence-electron chi connectivity index (χ0n) is 13.7. The third-order valence-electron chi connectivity index (χ3n) is 3.98. The first-order valence-electron chi connectivity index (χ1n) is 7.83. The van der Waals surface area contributed by atoms with Gasteiger partial charge in [0.15, 0.2) is 11.5 Å². The highest BCUT2D eigenvalue weighted by atomic mass is 32.1. The van der Waals surface area contributed by atoms with Crippen LogP contribution in [0, 0.1) is 6.92 Å². The van der Waals surface area contributed by atoms with Crippen LogP contribution in [0.15, 0.2) is 35.7 Å². The Kier molecular flexibility index (Phi) is 4.19. The van der Waals surface area contributed by atoms with E-state index < -0.39 is 0 Å². The second kappa shape index (κ2) is 6.50. The van der Waals surface area contributed by atoms with Gasteiger partial charge in [0.1, 0.15) is 9.88 Å². The number of nitrogens with zero attached hydrogens (tertiary/aromatic N) is 1. The number of fused-ring (bicyclic) bond motifs is 1. The van der Waals surface area contributed by atoms with Gasteiger partial charge in [-0.05, 0) is 43.0 Å². The van der Waals surface area contributed by atoms with E-state index in [4.69, 9.17) is 9.47 Å². The molecular formula is C18H16N2O3S2. The lowest BCUT2D eigenvalue weighted by atomic mass is 10.1. The maximum atomic E-state index is 12.7. The quantitative estimate of drug-likeness (QED) is 0.737. The molecule has 1 aliphatic heterocycles. The number of carbonyl (C=O) groups is 1. The minimum atomic E-state index is -0.145. The van der Waals surface area contributed by atoms with E-state index in [0.717, 1.165) is 26.9 Å². The highest BCUT2D eigenvalue weighted by molar-refractivity contribution is 7.22. The van der Waals surface area contributed by atoms with Crippen molar-refractivity contribution in [3.63, 3.8) is 0 Å². The lowest BCUT2D eigenvalue weighted by molar-refractivity contribution is 0.0943. The number of ether oxygens (including phenoxy) is 2. The summed E-state index contributed by atoms with van der Waals surface area (Å²) in [6, 6.07) is 9.57. The number of amides is 1. The molecule has 7 heteroatoms. The van der Waals surface area contributed by atoms with Gasteiger partial charge >= 0.3 is 0 Å². The first-order valence-corrected chi connectivity index (χ1v) is 9.53. The van der Waals surface area contributed by atoms with Crippen molar-refractivity contribution in [3.8, 4) is 21.4 Å². The van der Waals surface area contributed by atoms with Crippen molar-refractivity contribution in [1.82, 2.24) is 10.3 Å². The molecule has 1 amide bonds. The van der Waals surface area contributed by atoms with Gasteiger partial charge < -0.3 is 14.8 Å². The van der Waals surface area contributed by atoms with Crippen molar-refractivity contribution in [1.29, 1.82) is 0 Å². The minimum Gasteiger partial charge on any atom is -0.454 e. The Hall–Kier alpha value is -2.38. The summed E-state index contributed by atoms with van der Waals surface area (Å²) in [6.45, 7) is 4.06. The van der Waals surface area contributed by atoms with Crippen LogP contribution in [0.4, 0.5) is 0 Å². The van der Waals surface area contributed by atoms with E-state index in [1.807, 2.05) is 49.6 Å². The topological polar surface area (TPSA) is 60.5 Å². The maximum absolute atomic E-state index is 12.7. The molecule has 1 atom stereocenters. The fourth-order valence-electron chi connectivity index (χ4n) is 2.64. The normalized spacial score (nSPS) is 13.7. The molecule has 0 saturated carbocycles. The molecule has 0 aliphatic carbocycles. The Labute approximate surface area is 153 Å². The van der Waals surface area contributed by atoms with Crippen LogP contribution in [-0.2, 0) is 0 Å². The average Bonchev–Trinajstić information content (AvgIpc) is 3.34. The van der Waals surface area contributed by atoms with E-state index in [-0.39, 0.29) is 18.7 Å². The molecule has 4 rings (SSSR count). The van der Waals surface area contributed by atoms with E-state index in [0.29, 0.717) is 10.6 Å². The van der Waals surface area contributed by atoms with Crippen molar-refractivity contribution in [2.45, 2.75) is 19.9 Å².